The van der Waals surface area contributed by atoms with Crippen molar-refractivity contribution in [3.05, 3.63) is 35.6 Å². The van der Waals surface area contributed by atoms with E-state index in [2.05, 4.69) is 11.8 Å². The molecule has 0 heterocycles. The van der Waals surface area contributed by atoms with Crippen LogP contribution in [0.1, 0.15) is 31.7 Å². The molecule has 0 radical (unpaired) electrons. The fourth-order valence-electron chi connectivity index (χ4n) is 2.24. The molecule has 0 fully saturated rings. The maximum atomic E-state index is 12.9. The molecule has 0 aliphatic heterocycles. The third kappa shape index (κ3) is 6.98. The van der Waals surface area contributed by atoms with Gasteiger partial charge in [-0.15, -0.1) is 0 Å². The Morgan fingerprint density at radius 3 is 2.60 bits per heavy atom. The van der Waals surface area contributed by atoms with Crippen molar-refractivity contribution in [1.82, 2.24) is 4.90 Å². The first-order valence-corrected chi connectivity index (χ1v) is 7.29. The van der Waals surface area contributed by atoms with Crippen LogP contribution in [-0.4, -0.2) is 42.9 Å². The molecule has 0 aromatic heterocycles. The molecule has 20 heavy (non-hydrogen) atoms. The fraction of sp³-hybridized carbons (Fsp3) is 0.625. The van der Waals surface area contributed by atoms with Crippen molar-refractivity contribution < 1.29 is 14.2 Å². The van der Waals surface area contributed by atoms with E-state index in [9.17, 15) is 9.50 Å². The molecule has 1 rings (SSSR count). The van der Waals surface area contributed by atoms with E-state index in [4.69, 9.17) is 4.74 Å². The zero-order chi connectivity index (χ0) is 14.8. The Kier molecular flexibility index (Phi) is 8.42. The third-order valence-corrected chi connectivity index (χ3v) is 3.23. The summed E-state index contributed by atoms with van der Waals surface area (Å²) in [5.41, 5.74) is 1.06. The average Bonchev–Trinajstić information content (AvgIpc) is 2.42. The van der Waals surface area contributed by atoms with E-state index in [1.54, 1.807) is 19.2 Å². The van der Waals surface area contributed by atoms with Crippen molar-refractivity contribution >= 4 is 0 Å². The summed E-state index contributed by atoms with van der Waals surface area (Å²) in [5, 5.41) is 9.97. The number of rotatable bonds is 10. The maximum Gasteiger partial charge on any atom is 0.123 e. The number of halogens is 1. The van der Waals surface area contributed by atoms with Crippen LogP contribution in [0.2, 0.25) is 0 Å². The van der Waals surface area contributed by atoms with Gasteiger partial charge in [0.15, 0.2) is 0 Å². The van der Waals surface area contributed by atoms with Gasteiger partial charge in [0.1, 0.15) is 5.82 Å². The minimum atomic E-state index is -0.303. The molecule has 1 N–H and O–H groups in total. The lowest BCUT2D eigenvalue weighted by Crippen LogP contribution is -2.33. The summed E-state index contributed by atoms with van der Waals surface area (Å²) in [6, 6.07) is 6.55. The van der Waals surface area contributed by atoms with Gasteiger partial charge in [-0.05, 0) is 30.5 Å². The van der Waals surface area contributed by atoms with Crippen LogP contribution in [0.4, 0.5) is 4.39 Å². The molecule has 0 bridgehead atoms. The third-order valence-electron chi connectivity index (χ3n) is 3.23. The second-order valence-electron chi connectivity index (χ2n) is 5.15. The van der Waals surface area contributed by atoms with Crippen LogP contribution < -0.4 is 0 Å². The van der Waals surface area contributed by atoms with Crippen molar-refractivity contribution in [2.45, 2.75) is 38.8 Å². The van der Waals surface area contributed by atoms with Crippen LogP contribution in [0.5, 0.6) is 0 Å². The standard InChI is InChI=1S/C16H26FNO2/c1-3-5-16(19)13-18(10-4-11-20-2)12-14-6-8-15(17)9-7-14/h6-9,16,19H,3-5,10-13H2,1-2H3. The van der Waals surface area contributed by atoms with Crippen molar-refractivity contribution in [2.75, 3.05) is 26.8 Å². The van der Waals surface area contributed by atoms with Gasteiger partial charge in [0.2, 0.25) is 0 Å². The first kappa shape index (κ1) is 17.1. The smallest absolute Gasteiger partial charge is 0.123 e. The molecule has 114 valence electrons. The topological polar surface area (TPSA) is 32.7 Å². The number of aliphatic hydroxyl groups excluding tert-OH is 1. The Balaban J connectivity index is 2.53. The Morgan fingerprint density at radius 2 is 2.00 bits per heavy atom. The second kappa shape index (κ2) is 9.86. The van der Waals surface area contributed by atoms with Crippen LogP contribution >= 0.6 is 0 Å². The highest BCUT2D eigenvalue weighted by molar-refractivity contribution is 5.15. The lowest BCUT2D eigenvalue weighted by Gasteiger charge is -2.25. The van der Waals surface area contributed by atoms with E-state index < -0.39 is 0 Å². The van der Waals surface area contributed by atoms with Crippen LogP contribution in [0, 0.1) is 5.82 Å². The van der Waals surface area contributed by atoms with Crippen molar-refractivity contribution in [3.8, 4) is 0 Å². The maximum absolute atomic E-state index is 12.9. The molecule has 0 spiro atoms. The molecular formula is C16H26FNO2. The summed E-state index contributed by atoms with van der Waals surface area (Å²) in [7, 11) is 1.69. The largest absolute Gasteiger partial charge is 0.392 e. The van der Waals surface area contributed by atoms with Gasteiger partial charge >= 0.3 is 0 Å². The highest BCUT2D eigenvalue weighted by Crippen LogP contribution is 2.09. The highest BCUT2D eigenvalue weighted by Gasteiger charge is 2.11. The number of ether oxygens (including phenoxy) is 1. The van der Waals surface area contributed by atoms with Gasteiger partial charge in [-0.2, -0.15) is 0 Å². The molecule has 1 aromatic rings. The molecule has 0 saturated carbocycles. The summed E-state index contributed by atoms with van der Waals surface area (Å²) in [6.45, 7) is 5.02. The predicted octanol–water partition coefficient (Wildman–Crippen LogP) is 2.83. The van der Waals surface area contributed by atoms with Gasteiger partial charge in [0, 0.05) is 33.4 Å². The molecular weight excluding hydrogens is 257 g/mol. The van der Waals surface area contributed by atoms with Crippen LogP contribution in [-0.2, 0) is 11.3 Å². The normalized spacial score (nSPS) is 12.8. The number of nitrogens with zero attached hydrogens (tertiary/aromatic N) is 1. The van der Waals surface area contributed by atoms with Crippen molar-refractivity contribution in [2.24, 2.45) is 0 Å². The van der Waals surface area contributed by atoms with E-state index in [0.717, 1.165) is 37.9 Å². The second-order valence-corrected chi connectivity index (χ2v) is 5.15. The number of aliphatic hydroxyl groups is 1. The number of hydrogen-bond donors (Lipinski definition) is 1. The van der Waals surface area contributed by atoms with Gasteiger partial charge in [-0.3, -0.25) is 4.90 Å². The molecule has 0 saturated heterocycles. The van der Waals surface area contributed by atoms with Gasteiger partial charge in [-0.25, -0.2) is 4.39 Å². The van der Waals surface area contributed by atoms with E-state index in [-0.39, 0.29) is 11.9 Å². The minimum absolute atomic E-state index is 0.217. The summed E-state index contributed by atoms with van der Waals surface area (Å²) in [5.74, 6) is -0.217. The van der Waals surface area contributed by atoms with E-state index >= 15 is 0 Å². The van der Waals surface area contributed by atoms with Crippen LogP contribution in [0.3, 0.4) is 0 Å². The highest BCUT2D eigenvalue weighted by atomic mass is 19.1. The first-order valence-electron chi connectivity index (χ1n) is 7.29. The van der Waals surface area contributed by atoms with E-state index in [1.807, 2.05) is 0 Å². The van der Waals surface area contributed by atoms with Crippen molar-refractivity contribution in [1.29, 1.82) is 0 Å². The average molecular weight is 283 g/mol. The van der Waals surface area contributed by atoms with Gasteiger partial charge < -0.3 is 9.84 Å². The van der Waals surface area contributed by atoms with Gasteiger partial charge in [-0.1, -0.05) is 25.5 Å². The summed E-state index contributed by atoms with van der Waals surface area (Å²) >= 11 is 0. The van der Waals surface area contributed by atoms with Crippen molar-refractivity contribution in [3.63, 3.8) is 0 Å². The Morgan fingerprint density at radius 1 is 1.30 bits per heavy atom. The Hall–Kier alpha value is -0.970. The molecule has 1 aromatic carbocycles. The summed E-state index contributed by atoms with van der Waals surface area (Å²) < 4.78 is 18.0. The molecule has 0 aliphatic rings. The van der Waals surface area contributed by atoms with Crippen LogP contribution in [0.25, 0.3) is 0 Å². The summed E-state index contributed by atoms with van der Waals surface area (Å²) in [4.78, 5) is 2.20. The zero-order valence-electron chi connectivity index (χ0n) is 12.5. The molecule has 0 amide bonds. The zero-order valence-corrected chi connectivity index (χ0v) is 12.5. The summed E-state index contributed by atoms with van der Waals surface area (Å²) in [6.07, 6.45) is 2.41. The van der Waals surface area contributed by atoms with E-state index in [0.29, 0.717) is 13.2 Å². The monoisotopic (exact) mass is 283 g/mol. The lowest BCUT2D eigenvalue weighted by molar-refractivity contribution is 0.0930. The number of hydrogen-bond acceptors (Lipinski definition) is 3. The minimum Gasteiger partial charge on any atom is -0.392 e. The number of methoxy groups -OCH3 is 1. The van der Waals surface area contributed by atoms with Gasteiger partial charge in [0.05, 0.1) is 6.10 Å². The SMILES string of the molecule is CCCC(O)CN(CCCOC)Cc1ccc(F)cc1. The predicted molar refractivity (Wildman–Crippen MR) is 79.1 cm³/mol. The molecule has 3 nitrogen and oxygen atoms in total. The Labute approximate surface area is 121 Å². The first-order chi connectivity index (χ1) is 9.65. The Bertz CT molecular complexity index is 356. The van der Waals surface area contributed by atoms with Gasteiger partial charge in [0.25, 0.3) is 0 Å². The molecule has 0 aliphatic carbocycles. The fourth-order valence-corrected chi connectivity index (χ4v) is 2.24. The molecule has 4 heteroatoms. The van der Waals surface area contributed by atoms with Crippen LogP contribution in [0.15, 0.2) is 24.3 Å². The number of benzene rings is 1. The lowest BCUT2D eigenvalue weighted by atomic mass is 10.1. The molecule has 1 atom stereocenters. The van der Waals surface area contributed by atoms with E-state index in [1.165, 1.54) is 12.1 Å². The molecule has 1 unspecified atom stereocenters. The quantitative estimate of drug-likeness (QED) is 0.670.